The maximum Gasteiger partial charge on any atom is 0.410 e. The first kappa shape index (κ1) is 17.2. The number of thiazole rings is 1. The Morgan fingerprint density at radius 1 is 1.46 bits per heavy atom. The van der Waals surface area contributed by atoms with Crippen LogP contribution in [-0.4, -0.2) is 58.1 Å². The Kier molecular flexibility index (Phi) is 4.80. The number of rotatable bonds is 4. The smallest absolute Gasteiger partial charge is 0.410 e. The van der Waals surface area contributed by atoms with Gasteiger partial charge in [-0.2, -0.15) is 0 Å². The summed E-state index contributed by atoms with van der Waals surface area (Å²) < 4.78 is 5.75. The van der Waals surface area contributed by atoms with Gasteiger partial charge in [0, 0.05) is 32.0 Å². The quantitative estimate of drug-likeness (QED) is 0.836. The van der Waals surface area contributed by atoms with E-state index in [4.69, 9.17) is 4.74 Å². The Morgan fingerprint density at radius 3 is 2.75 bits per heavy atom. The molecule has 1 unspecified atom stereocenters. The van der Waals surface area contributed by atoms with Crippen LogP contribution in [0.4, 0.5) is 4.79 Å². The van der Waals surface area contributed by atoms with Crippen LogP contribution in [0.3, 0.4) is 0 Å². The fourth-order valence-electron chi connectivity index (χ4n) is 3.59. The van der Waals surface area contributed by atoms with Gasteiger partial charge in [0.1, 0.15) is 10.5 Å². The molecule has 0 bridgehead atoms. The molecular formula is C17H25N3O3S. The summed E-state index contributed by atoms with van der Waals surface area (Å²) in [5.41, 5.74) is 2.08. The van der Waals surface area contributed by atoms with E-state index in [2.05, 4.69) is 18.8 Å². The lowest BCUT2D eigenvalue weighted by Crippen LogP contribution is -2.49. The number of piperidine rings is 1. The van der Waals surface area contributed by atoms with E-state index >= 15 is 0 Å². The molecule has 2 aliphatic rings. The summed E-state index contributed by atoms with van der Waals surface area (Å²) in [5, 5.41) is 0. The Bertz CT molecular complexity index is 622. The molecule has 1 aromatic rings. The SMILES string of the molecule is CCCC(C)N1CC2(CCN(C(=O)c3scnc3C)CC2)OC1=O. The number of likely N-dealkylation sites (tertiary alicyclic amines) is 1. The molecule has 0 aliphatic carbocycles. The molecular weight excluding hydrogens is 326 g/mol. The molecule has 0 radical (unpaired) electrons. The van der Waals surface area contributed by atoms with Crippen LogP contribution in [0.25, 0.3) is 0 Å². The highest BCUT2D eigenvalue weighted by molar-refractivity contribution is 7.11. The Hall–Kier alpha value is -1.63. The summed E-state index contributed by atoms with van der Waals surface area (Å²) >= 11 is 1.39. The van der Waals surface area contributed by atoms with Gasteiger partial charge in [0.2, 0.25) is 0 Å². The van der Waals surface area contributed by atoms with Crippen molar-refractivity contribution in [1.29, 1.82) is 0 Å². The predicted molar refractivity (Wildman–Crippen MR) is 92.3 cm³/mol. The molecule has 2 amide bonds. The van der Waals surface area contributed by atoms with Gasteiger partial charge in [-0.25, -0.2) is 9.78 Å². The van der Waals surface area contributed by atoms with Gasteiger partial charge in [-0.3, -0.25) is 4.79 Å². The van der Waals surface area contributed by atoms with Gasteiger partial charge >= 0.3 is 6.09 Å². The summed E-state index contributed by atoms with van der Waals surface area (Å²) in [6, 6.07) is 0.210. The van der Waals surface area contributed by atoms with Crippen molar-refractivity contribution in [3.8, 4) is 0 Å². The zero-order chi connectivity index (χ0) is 17.3. The van der Waals surface area contributed by atoms with Gasteiger partial charge in [-0.1, -0.05) is 13.3 Å². The summed E-state index contributed by atoms with van der Waals surface area (Å²) in [6.07, 6.45) is 3.25. The molecule has 1 aromatic heterocycles. The van der Waals surface area contributed by atoms with E-state index < -0.39 is 5.60 Å². The van der Waals surface area contributed by atoms with Crippen molar-refractivity contribution >= 4 is 23.3 Å². The second kappa shape index (κ2) is 6.70. The van der Waals surface area contributed by atoms with Crippen LogP contribution in [-0.2, 0) is 4.74 Å². The molecule has 0 aromatic carbocycles. The van der Waals surface area contributed by atoms with E-state index in [9.17, 15) is 9.59 Å². The van der Waals surface area contributed by atoms with Crippen molar-refractivity contribution in [2.24, 2.45) is 0 Å². The monoisotopic (exact) mass is 351 g/mol. The van der Waals surface area contributed by atoms with Gasteiger partial charge in [0.05, 0.1) is 17.7 Å². The molecule has 24 heavy (non-hydrogen) atoms. The number of carbonyl (C=O) groups excluding carboxylic acids is 2. The Balaban J connectivity index is 1.62. The van der Waals surface area contributed by atoms with E-state index in [0.29, 0.717) is 37.4 Å². The molecule has 7 heteroatoms. The summed E-state index contributed by atoms with van der Waals surface area (Å²) in [5.74, 6) is 0.0466. The first-order valence-electron chi connectivity index (χ1n) is 8.65. The standard InChI is InChI=1S/C17H25N3O3S/c1-4-5-12(2)20-10-17(23-16(20)22)6-8-19(9-7-17)15(21)14-13(3)18-11-24-14/h11-12H,4-10H2,1-3H3. The van der Waals surface area contributed by atoms with E-state index in [0.717, 1.165) is 18.5 Å². The number of amides is 2. The van der Waals surface area contributed by atoms with Crippen molar-refractivity contribution < 1.29 is 14.3 Å². The van der Waals surface area contributed by atoms with Crippen molar-refractivity contribution in [3.63, 3.8) is 0 Å². The molecule has 0 N–H and O–H groups in total. The predicted octanol–water partition coefficient (Wildman–Crippen LogP) is 3.07. The molecule has 1 spiro atoms. The fourth-order valence-corrected chi connectivity index (χ4v) is 4.36. The summed E-state index contributed by atoms with van der Waals surface area (Å²) in [6.45, 7) is 7.96. The normalized spacial score (nSPS) is 21.2. The molecule has 2 saturated heterocycles. The maximum absolute atomic E-state index is 12.6. The highest BCUT2D eigenvalue weighted by Gasteiger charge is 2.48. The number of aromatic nitrogens is 1. The van der Waals surface area contributed by atoms with Crippen LogP contribution in [0.2, 0.25) is 0 Å². The molecule has 2 aliphatic heterocycles. The summed E-state index contributed by atoms with van der Waals surface area (Å²) in [4.78, 5) is 33.4. The first-order valence-corrected chi connectivity index (χ1v) is 9.53. The lowest BCUT2D eigenvalue weighted by atomic mass is 9.91. The first-order chi connectivity index (χ1) is 11.5. The molecule has 2 fully saturated rings. The molecule has 132 valence electrons. The third kappa shape index (κ3) is 3.14. The maximum atomic E-state index is 12.6. The Morgan fingerprint density at radius 2 is 2.17 bits per heavy atom. The average Bonchev–Trinajstić information content (AvgIpc) is 3.11. The molecule has 3 rings (SSSR count). The molecule has 0 saturated carbocycles. The highest BCUT2D eigenvalue weighted by atomic mass is 32.1. The third-order valence-corrected chi connectivity index (χ3v) is 6.05. The third-order valence-electron chi connectivity index (χ3n) is 5.14. The van der Waals surface area contributed by atoms with Crippen LogP contribution < -0.4 is 0 Å². The number of aryl methyl sites for hydroxylation is 1. The van der Waals surface area contributed by atoms with E-state index in [1.54, 1.807) is 5.51 Å². The van der Waals surface area contributed by atoms with Crippen molar-refractivity contribution in [1.82, 2.24) is 14.8 Å². The average molecular weight is 351 g/mol. The van der Waals surface area contributed by atoms with Gasteiger partial charge < -0.3 is 14.5 Å². The number of nitrogens with zero attached hydrogens (tertiary/aromatic N) is 3. The minimum atomic E-state index is -0.418. The topological polar surface area (TPSA) is 62.7 Å². The van der Waals surface area contributed by atoms with Crippen LogP contribution in [0.5, 0.6) is 0 Å². The van der Waals surface area contributed by atoms with E-state index in [1.165, 1.54) is 11.3 Å². The van der Waals surface area contributed by atoms with Crippen LogP contribution in [0.15, 0.2) is 5.51 Å². The zero-order valence-electron chi connectivity index (χ0n) is 14.6. The second-order valence-corrected chi connectivity index (χ2v) is 7.73. The lowest BCUT2D eigenvalue weighted by molar-refractivity contribution is 0.00319. The van der Waals surface area contributed by atoms with Crippen LogP contribution >= 0.6 is 11.3 Å². The minimum absolute atomic E-state index is 0.0466. The molecule has 3 heterocycles. The summed E-state index contributed by atoms with van der Waals surface area (Å²) in [7, 11) is 0. The van der Waals surface area contributed by atoms with Crippen molar-refractivity contribution in [3.05, 3.63) is 16.1 Å². The minimum Gasteiger partial charge on any atom is -0.441 e. The van der Waals surface area contributed by atoms with Crippen LogP contribution in [0.1, 0.15) is 54.9 Å². The van der Waals surface area contributed by atoms with Crippen molar-refractivity contribution in [2.45, 2.75) is 58.1 Å². The van der Waals surface area contributed by atoms with Crippen molar-refractivity contribution in [2.75, 3.05) is 19.6 Å². The molecule has 6 nitrogen and oxygen atoms in total. The number of hydrogen-bond acceptors (Lipinski definition) is 5. The number of ether oxygens (including phenoxy) is 1. The zero-order valence-corrected chi connectivity index (χ0v) is 15.4. The van der Waals surface area contributed by atoms with E-state index in [-0.39, 0.29) is 18.0 Å². The van der Waals surface area contributed by atoms with Gasteiger partial charge in [0.25, 0.3) is 5.91 Å². The largest absolute Gasteiger partial charge is 0.441 e. The Labute approximate surface area is 146 Å². The van der Waals surface area contributed by atoms with Gasteiger partial charge in [-0.05, 0) is 20.3 Å². The van der Waals surface area contributed by atoms with Crippen LogP contribution in [0, 0.1) is 6.92 Å². The number of hydrogen-bond donors (Lipinski definition) is 0. The van der Waals surface area contributed by atoms with Gasteiger partial charge in [0.15, 0.2) is 0 Å². The highest BCUT2D eigenvalue weighted by Crippen LogP contribution is 2.35. The van der Waals surface area contributed by atoms with Gasteiger partial charge in [-0.15, -0.1) is 11.3 Å². The van der Waals surface area contributed by atoms with E-state index in [1.807, 2.05) is 16.7 Å². The molecule has 1 atom stereocenters. The lowest BCUT2D eigenvalue weighted by Gasteiger charge is -2.37. The fraction of sp³-hybridized carbons (Fsp3) is 0.706. The second-order valence-electron chi connectivity index (χ2n) is 6.88. The number of carbonyl (C=O) groups is 2.